The average molecular weight is 355 g/mol. The number of hydrogen-bond donors (Lipinski definition) is 1. The van der Waals surface area contributed by atoms with Crippen molar-refractivity contribution in [3.8, 4) is 5.75 Å². The molecule has 0 bridgehead atoms. The number of nitrogens with zero attached hydrogens (tertiary/aromatic N) is 1. The molecule has 3 nitrogen and oxygen atoms in total. The highest BCUT2D eigenvalue weighted by Crippen LogP contribution is 2.24. The number of benzene rings is 1. The van der Waals surface area contributed by atoms with Crippen LogP contribution in [0.1, 0.15) is 16.7 Å². The second-order valence-corrected chi connectivity index (χ2v) is 7.07. The SMILES string of the molecule is COc1ccc(CN)cc1CN(C)Cc1csc(Br)c1. The van der Waals surface area contributed by atoms with Gasteiger partial charge in [0, 0.05) is 25.2 Å². The molecule has 0 fully saturated rings. The van der Waals surface area contributed by atoms with Crippen LogP contribution >= 0.6 is 27.3 Å². The van der Waals surface area contributed by atoms with Gasteiger partial charge in [-0.1, -0.05) is 6.07 Å². The lowest BCUT2D eigenvalue weighted by atomic mass is 10.1. The van der Waals surface area contributed by atoms with Crippen molar-refractivity contribution in [1.82, 2.24) is 4.90 Å². The average Bonchev–Trinajstić information content (AvgIpc) is 2.83. The summed E-state index contributed by atoms with van der Waals surface area (Å²) in [6.07, 6.45) is 0. The molecule has 0 atom stereocenters. The van der Waals surface area contributed by atoms with Crippen LogP contribution in [0.5, 0.6) is 5.75 Å². The molecule has 1 aromatic heterocycles. The Morgan fingerprint density at radius 1 is 1.25 bits per heavy atom. The van der Waals surface area contributed by atoms with E-state index < -0.39 is 0 Å². The molecule has 0 aliphatic heterocycles. The van der Waals surface area contributed by atoms with Crippen molar-refractivity contribution in [3.63, 3.8) is 0 Å². The molecule has 1 aromatic carbocycles. The summed E-state index contributed by atoms with van der Waals surface area (Å²) < 4.78 is 6.60. The molecule has 108 valence electrons. The zero-order valence-corrected chi connectivity index (χ0v) is 14.1. The molecule has 0 spiro atoms. The summed E-state index contributed by atoms with van der Waals surface area (Å²) in [6, 6.07) is 8.29. The van der Waals surface area contributed by atoms with Crippen LogP contribution in [0.15, 0.2) is 33.4 Å². The first-order chi connectivity index (χ1) is 9.62. The Morgan fingerprint density at radius 3 is 2.65 bits per heavy atom. The first kappa shape index (κ1) is 15.5. The molecule has 2 N–H and O–H groups in total. The predicted molar refractivity (Wildman–Crippen MR) is 88.1 cm³/mol. The molecule has 0 saturated heterocycles. The van der Waals surface area contributed by atoms with Gasteiger partial charge in [-0.25, -0.2) is 0 Å². The van der Waals surface area contributed by atoms with Crippen LogP contribution in [0.2, 0.25) is 0 Å². The van der Waals surface area contributed by atoms with Crippen molar-refractivity contribution >= 4 is 27.3 Å². The van der Waals surface area contributed by atoms with Gasteiger partial charge in [0.05, 0.1) is 10.9 Å². The van der Waals surface area contributed by atoms with Crippen LogP contribution in [0.3, 0.4) is 0 Å². The van der Waals surface area contributed by atoms with Gasteiger partial charge in [-0.2, -0.15) is 0 Å². The number of rotatable bonds is 6. The van der Waals surface area contributed by atoms with Gasteiger partial charge in [-0.15, -0.1) is 11.3 Å². The number of nitrogens with two attached hydrogens (primary N) is 1. The summed E-state index contributed by atoms with van der Waals surface area (Å²) in [7, 11) is 3.82. The van der Waals surface area contributed by atoms with Crippen LogP contribution in [0.25, 0.3) is 0 Å². The van der Waals surface area contributed by atoms with Crippen molar-refractivity contribution in [1.29, 1.82) is 0 Å². The van der Waals surface area contributed by atoms with Gasteiger partial charge in [-0.05, 0) is 57.7 Å². The maximum Gasteiger partial charge on any atom is 0.123 e. The quantitative estimate of drug-likeness (QED) is 0.860. The number of methoxy groups -OCH3 is 1. The smallest absolute Gasteiger partial charge is 0.123 e. The summed E-state index contributed by atoms with van der Waals surface area (Å²) in [4.78, 5) is 2.27. The normalized spacial score (nSPS) is 11.1. The van der Waals surface area contributed by atoms with E-state index in [1.54, 1.807) is 18.4 Å². The fourth-order valence-corrected chi connectivity index (χ4v) is 3.37. The maximum atomic E-state index is 5.71. The van der Waals surface area contributed by atoms with E-state index in [1.165, 1.54) is 14.9 Å². The number of thiophene rings is 1. The zero-order valence-electron chi connectivity index (χ0n) is 11.7. The molecular formula is C15H19BrN2OS. The van der Waals surface area contributed by atoms with Gasteiger partial charge in [0.25, 0.3) is 0 Å². The minimum Gasteiger partial charge on any atom is -0.496 e. The molecule has 0 aliphatic carbocycles. The second kappa shape index (κ2) is 7.22. The Balaban J connectivity index is 2.08. The molecule has 0 radical (unpaired) electrons. The van der Waals surface area contributed by atoms with Gasteiger partial charge >= 0.3 is 0 Å². The summed E-state index contributed by atoms with van der Waals surface area (Å²) >= 11 is 5.21. The Kier molecular flexibility index (Phi) is 5.60. The Labute approximate surface area is 132 Å². The first-order valence-corrected chi connectivity index (χ1v) is 8.07. The zero-order chi connectivity index (χ0) is 14.5. The highest BCUT2D eigenvalue weighted by molar-refractivity contribution is 9.11. The van der Waals surface area contributed by atoms with E-state index >= 15 is 0 Å². The summed E-state index contributed by atoms with van der Waals surface area (Å²) in [6.45, 7) is 2.31. The first-order valence-electron chi connectivity index (χ1n) is 6.39. The minimum atomic E-state index is 0.554. The lowest BCUT2D eigenvalue weighted by molar-refractivity contribution is 0.310. The van der Waals surface area contributed by atoms with Crippen molar-refractivity contribution in [3.05, 3.63) is 50.1 Å². The summed E-state index contributed by atoms with van der Waals surface area (Å²) in [5.41, 5.74) is 9.33. The number of halogens is 1. The van der Waals surface area contributed by atoms with E-state index in [0.717, 1.165) is 24.4 Å². The van der Waals surface area contributed by atoms with Crippen LogP contribution in [0.4, 0.5) is 0 Å². The van der Waals surface area contributed by atoms with E-state index in [0.29, 0.717) is 6.54 Å². The maximum absolute atomic E-state index is 5.71. The fraction of sp³-hybridized carbons (Fsp3) is 0.333. The Morgan fingerprint density at radius 2 is 2.05 bits per heavy atom. The van der Waals surface area contributed by atoms with Crippen LogP contribution in [0, 0.1) is 0 Å². The third-order valence-corrected chi connectivity index (χ3v) is 4.65. The third-order valence-electron chi connectivity index (χ3n) is 3.10. The monoisotopic (exact) mass is 354 g/mol. The lowest BCUT2D eigenvalue weighted by Crippen LogP contribution is -2.17. The van der Waals surface area contributed by atoms with Crippen LogP contribution < -0.4 is 10.5 Å². The Hall–Kier alpha value is -0.880. The molecule has 0 amide bonds. The van der Waals surface area contributed by atoms with E-state index in [4.69, 9.17) is 10.5 Å². The highest BCUT2D eigenvalue weighted by Gasteiger charge is 2.09. The van der Waals surface area contributed by atoms with Gasteiger partial charge < -0.3 is 10.5 Å². The number of hydrogen-bond acceptors (Lipinski definition) is 4. The fourth-order valence-electron chi connectivity index (χ4n) is 2.17. The standard InChI is InChI=1S/C15H19BrN2OS/c1-18(8-12-6-15(16)20-10-12)9-13-5-11(7-17)3-4-14(13)19-2/h3-6,10H,7-9,17H2,1-2H3. The molecule has 0 aliphatic rings. The Bertz CT molecular complexity index is 571. The molecule has 2 aromatic rings. The van der Waals surface area contributed by atoms with Gasteiger partial charge in [0.1, 0.15) is 5.75 Å². The van der Waals surface area contributed by atoms with Crippen molar-refractivity contribution in [2.24, 2.45) is 5.73 Å². The van der Waals surface area contributed by atoms with E-state index in [-0.39, 0.29) is 0 Å². The summed E-state index contributed by atoms with van der Waals surface area (Å²) in [5, 5.41) is 2.17. The second-order valence-electron chi connectivity index (χ2n) is 4.78. The van der Waals surface area contributed by atoms with Crippen molar-refractivity contribution < 1.29 is 4.74 Å². The third kappa shape index (κ3) is 4.06. The van der Waals surface area contributed by atoms with Crippen molar-refractivity contribution in [2.75, 3.05) is 14.2 Å². The number of ether oxygens (including phenoxy) is 1. The van der Waals surface area contributed by atoms with Gasteiger partial charge in [-0.3, -0.25) is 4.90 Å². The van der Waals surface area contributed by atoms with Gasteiger partial charge in [0.2, 0.25) is 0 Å². The largest absolute Gasteiger partial charge is 0.496 e. The van der Waals surface area contributed by atoms with E-state index in [2.05, 4.69) is 45.4 Å². The van der Waals surface area contributed by atoms with E-state index in [1.807, 2.05) is 12.1 Å². The molecule has 1 heterocycles. The molecule has 0 unspecified atom stereocenters. The molecule has 20 heavy (non-hydrogen) atoms. The molecular weight excluding hydrogens is 336 g/mol. The highest BCUT2D eigenvalue weighted by atomic mass is 79.9. The van der Waals surface area contributed by atoms with E-state index in [9.17, 15) is 0 Å². The predicted octanol–water partition coefficient (Wildman–Crippen LogP) is 3.61. The summed E-state index contributed by atoms with van der Waals surface area (Å²) in [5.74, 6) is 0.917. The van der Waals surface area contributed by atoms with Crippen LogP contribution in [-0.4, -0.2) is 19.1 Å². The van der Waals surface area contributed by atoms with Gasteiger partial charge in [0.15, 0.2) is 0 Å². The van der Waals surface area contributed by atoms with Crippen molar-refractivity contribution in [2.45, 2.75) is 19.6 Å². The lowest BCUT2D eigenvalue weighted by Gasteiger charge is -2.18. The molecule has 2 rings (SSSR count). The molecule has 0 saturated carbocycles. The topological polar surface area (TPSA) is 38.5 Å². The minimum absolute atomic E-state index is 0.554. The molecule has 5 heteroatoms. The van der Waals surface area contributed by atoms with Crippen LogP contribution in [-0.2, 0) is 19.6 Å².